The lowest BCUT2D eigenvalue weighted by molar-refractivity contribution is -0.137. The third-order valence-corrected chi connectivity index (χ3v) is 7.13. The number of imidazole rings is 1. The first kappa shape index (κ1) is 22.9. The van der Waals surface area contributed by atoms with Crippen molar-refractivity contribution in [2.45, 2.75) is 62.6 Å². The Kier molecular flexibility index (Phi) is 7.10. The number of hydrogen-bond donors (Lipinski definition) is 1. The Hall–Kier alpha value is -2.74. The summed E-state index contributed by atoms with van der Waals surface area (Å²) in [4.78, 5) is 16.2. The van der Waals surface area contributed by atoms with Crippen LogP contribution in [0.3, 0.4) is 0 Å². The van der Waals surface area contributed by atoms with E-state index < -0.39 is 21.6 Å². The number of carbonyl (C=O) groups is 1. The Morgan fingerprint density at radius 3 is 2.48 bits per heavy atom. The van der Waals surface area contributed by atoms with Crippen LogP contribution in [0.25, 0.3) is 11.0 Å². The number of hydrogen-bond acceptors (Lipinski definition) is 4. The van der Waals surface area contributed by atoms with Crippen molar-refractivity contribution in [1.82, 2.24) is 9.55 Å². The first-order valence-corrected chi connectivity index (χ1v) is 12.1. The van der Waals surface area contributed by atoms with Crippen molar-refractivity contribution in [1.29, 1.82) is 0 Å². The third-order valence-electron chi connectivity index (χ3n) is 5.43. The molecule has 0 aliphatic rings. The Balaban J connectivity index is 1.99. The maximum absolute atomic E-state index is 13.1. The van der Waals surface area contributed by atoms with Crippen LogP contribution in [0.15, 0.2) is 47.4 Å². The van der Waals surface area contributed by atoms with Crippen LogP contribution >= 0.6 is 0 Å². The molecule has 1 N–H and O–H groups in total. The zero-order chi connectivity index (χ0) is 22.6. The number of nitrogens with zero attached hydrogens (tertiary/aromatic N) is 2. The predicted molar refractivity (Wildman–Crippen MR) is 117 cm³/mol. The molecule has 3 aromatic rings. The highest BCUT2D eigenvalue weighted by Gasteiger charge is 2.22. The monoisotopic (exact) mass is 446 g/mol. The Morgan fingerprint density at radius 2 is 1.87 bits per heavy atom. The highest BCUT2D eigenvalue weighted by molar-refractivity contribution is 7.90. The van der Waals surface area contributed by atoms with Crippen LogP contribution in [0.4, 0.5) is 4.39 Å². The zero-order valence-corrected chi connectivity index (χ0v) is 18.5. The number of fused-ring (bicyclic) bond motifs is 1. The van der Waals surface area contributed by atoms with Gasteiger partial charge in [0.15, 0.2) is 9.84 Å². The lowest BCUT2D eigenvalue weighted by Crippen LogP contribution is -2.14. The molecule has 0 fully saturated rings. The number of carboxylic acids is 1. The minimum Gasteiger partial charge on any atom is -0.480 e. The summed E-state index contributed by atoms with van der Waals surface area (Å²) in [5.41, 5.74) is 1.80. The smallest absolute Gasteiger partial charge is 0.323 e. The number of benzene rings is 2. The normalized spacial score (nSPS) is 12.9. The van der Waals surface area contributed by atoms with Crippen LogP contribution in [0.5, 0.6) is 0 Å². The fourth-order valence-corrected chi connectivity index (χ4v) is 5.14. The van der Waals surface area contributed by atoms with Gasteiger partial charge in [-0.3, -0.25) is 4.79 Å². The molecule has 3 rings (SSSR count). The van der Waals surface area contributed by atoms with Crippen molar-refractivity contribution in [2.24, 2.45) is 0 Å². The highest BCUT2D eigenvalue weighted by Crippen LogP contribution is 2.29. The summed E-state index contributed by atoms with van der Waals surface area (Å²) in [6.45, 7) is 3.98. The van der Waals surface area contributed by atoms with Gasteiger partial charge >= 0.3 is 5.97 Å². The van der Waals surface area contributed by atoms with E-state index in [0.717, 1.165) is 43.6 Å². The van der Waals surface area contributed by atoms with Gasteiger partial charge in [0, 0.05) is 5.92 Å². The first-order chi connectivity index (χ1) is 14.7. The van der Waals surface area contributed by atoms with Gasteiger partial charge in [0.1, 0.15) is 18.2 Å². The van der Waals surface area contributed by atoms with E-state index in [-0.39, 0.29) is 23.1 Å². The fourth-order valence-electron chi connectivity index (χ4n) is 3.81. The van der Waals surface area contributed by atoms with Crippen LogP contribution in [0, 0.1) is 5.82 Å². The molecule has 0 amide bonds. The van der Waals surface area contributed by atoms with Crippen molar-refractivity contribution in [3.63, 3.8) is 0 Å². The number of aromatic nitrogens is 2. The quantitative estimate of drug-likeness (QED) is 0.447. The van der Waals surface area contributed by atoms with Gasteiger partial charge in [-0.1, -0.05) is 32.8 Å². The second-order valence-corrected chi connectivity index (χ2v) is 9.72. The average Bonchev–Trinajstić information content (AvgIpc) is 3.05. The number of rotatable bonds is 10. The molecule has 0 aliphatic carbocycles. The van der Waals surface area contributed by atoms with Crippen molar-refractivity contribution in [3.05, 3.63) is 59.7 Å². The first-order valence-electron chi connectivity index (χ1n) is 10.4. The molecule has 0 aliphatic heterocycles. The molecule has 1 atom stereocenters. The SMILES string of the molecule is CCCCC(CC)c1nc2cc(CS(=O)(=O)c3ccc(F)cc3)ccc2n1CC(=O)O. The molecule has 31 heavy (non-hydrogen) atoms. The molecule has 8 heteroatoms. The molecule has 0 saturated carbocycles. The summed E-state index contributed by atoms with van der Waals surface area (Å²) in [6.07, 6.45) is 3.83. The number of halogens is 1. The summed E-state index contributed by atoms with van der Waals surface area (Å²) in [7, 11) is -3.65. The van der Waals surface area contributed by atoms with Crippen molar-refractivity contribution in [2.75, 3.05) is 0 Å². The lowest BCUT2D eigenvalue weighted by atomic mass is 9.98. The number of sulfone groups is 1. The number of aliphatic carboxylic acids is 1. The average molecular weight is 447 g/mol. The largest absolute Gasteiger partial charge is 0.480 e. The fraction of sp³-hybridized carbons (Fsp3) is 0.391. The minimum absolute atomic E-state index is 0.0525. The predicted octanol–water partition coefficient (Wildman–Crippen LogP) is 4.92. The zero-order valence-electron chi connectivity index (χ0n) is 17.7. The number of carboxylic acid groups (broad SMARTS) is 1. The summed E-state index contributed by atoms with van der Waals surface area (Å²) in [6, 6.07) is 9.86. The van der Waals surface area contributed by atoms with Crippen LogP contribution in [0.2, 0.25) is 0 Å². The van der Waals surface area contributed by atoms with Crippen molar-refractivity contribution >= 4 is 26.8 Å². The Morgan fingerprint density at radius 1 is 1.16 bits per heavy atom. The van der Waals surface area contributed by atoms with Gasteiger partial charge in [0.05, 0.1) is 21.7 Å². The topological polar surface area (TPSA) is 89.3 Å². The van der Waals surface area contributed by atoms with E-state index in [0.29, 0.717) is 16.6 Å². The second kappa shape index (κ2) is 9.60. The van der Waals surface area contributed by atoms with E-state index in [9.17, 15) is 22.7 Å². The van der Waals surface area contributed by atoms with E-state index >= 15 is 0 Å². The summed E-state index contributed by atoms with van der Waals surface area (Å²) in [5.74, 6) is -0.827. The molecule has 2 aromatic carbocycles. The molecular weight excluding hydrogens is 419 g/mol. The standard InChI is InChI=1S/C23H27FN2O4S/c1-3-5-6-17(4-2)23-25-20-13-16(7-12-21(20)26(23)14-22(27)28)15-31(29,30)19-10-8-18(24)9-11-19/h7-13,17H,3-6,14-15H2,1-2H3,(H,27,28). The van der Waals surface area contributed by atoms with Gasteiger partial charge in [0.25, 0.3) is 0 Å². The third kappa shape index (κ3) is 5.31. The van der Waals surface area contributed by atoms with Gasteiger partial charge in [-0.25, -0.2) is 17.8 Å². The van der Waals surface area contributed by atoms with Crippen LogP contribution in [-0.4, -0.2) is 29.0 Å². The molecule has 166 valence electrons. The van der Waals surface area contributed by atoms with Gasteiger partial charge in [-0.2, -0.15) is 0 Å². The van der Waals surface area contributed by atoms with Gasteiger partial charge in [-0.05, 0) is 54.8 Å². The summed E-state index contributed by atoms with van der Waals surface area (Å²) >= 11 is 0. The molecule has 1 aromatic heterocycles. The Labute approximate surface area is 181 Å². The lowest BCUT2D eigenvalue weighted by Gasteiger charge is -2.15. The minimum atomic E-state index is -3.65. The molecule has 0 bridgehead atoms. The van der Waals surface area contributed by atoms with Gasteiger partial charge < -0.3 is 9.67 Å². The summed E-state index contributed by atoms with van der Waals surface area (Å²) in [5, 5.41) is 9.40. The highest BCUT2D eigenvalue weighted by atomic mass is 32.2. The van der Waals surface area contributed by atoms with E-state index in [1.54, 1.807) is 22.8 Å². The van der Waals surface area contributed by atoms with Crippen LogP contribution in [-0.2, 0) is 26.9 Å². The number of unbranched alkanes of at least 4 members (excludes halogenated alkanes) is 1. The van der Waals surface area contributed by atoms with Crippen molar-refractivity contribution < 1.29 is 22.7 Å². The van der Waals surface area contributed by atoms with Gasteiger partial charge in [-0.15, -0.1) is 0 Å². The summed E-state index contributed by atoms with van der Waals surface area (Å²) < 4.78 is 40.3. The molecular formula is C23H27FN2O4S. The molecule has 0 saturated heterocycles. The van der Waals surface area contributed by atoms with E-state index in [4.69, 9.17) is 4.98 Å². The molecule has 1 unspecified atom stereocenters. The molecule has 0 radical (unpaired) electrons. The van der Waals surface area contributed by atoms with E-state index in [2.05, 4.69) is 13.8 Å². The molecule has 1 heterocycles. The van der Waals surface area contributed by atoms with Gasteiger partial charge in [0.2, 0.25) is 0 Å². The van der Waals surface area contributed by atoms with E-state index in [1.165, 1.54) is 12.1 Å². The van der Waals surface area contributed by atoms with E-state index in [1.807, 2.05) is 0 Å². The molecule has 6 nitrogen and oxygen atoms in total. The second-order valence-electron chi connectivity index (χ2n) is 7.73. The maximum atomic E-state index is 13.1. The maximum Gasteiger partial charge on any atom is 0.323 e. The van der Waals surface area contributed by atoms with Crippen LogP contribution < -0.4 is 0 Å². The van der Waals surface area contributed by atoms with Crippen molar-refractivity contribution in [3.8, 4) is 0 Å². The molecule has 0 spiro atoms. The Bertz CT molecular complexity index is 1170. The van der Waals surface area contributed by atoms with Crippen LogP contribution in [0.1, 0.15) is 56.8 Å².